The van der Waals surface area contributed by atoms with E-state index in [1.807, 2.05) is 0 Å². The van der Waals surface area contributed by atoms with Crippen molar-refractivity contribution < 1.29 is 22.0 Å². The Balaban J connectivity index is 1.58. The molecule has 5 heteroatoms. The van der Waals surface area contributed by atoms with E-state index < -0.39 is 29.1 Å². The first-order valence-corrected chi connectivity index (χ1v) is 11.2. The average Bonchev–Trinajstić information content (AvgIpc) is 2.76. The molecule has 0 spiro atoms. The highest BCUT2D eigenvalue weighted by Gasteiger charge is 2.27. The van der Waals surface area contributed by atoms with Crippen molar-refractivity contribution >= 4 is 11.6 Å². The summed E-state index contributed by atoms with van der Waals surface area (Å²) in [5, 5.41) is 0. The summed E-state index contributed by atoms with van der Waals surface area (Å²) in [6.07, 6.45) is 9.28. The fourth-order valence-corrected chi connectivity index (χ4v) is 5.16. The van der Waals surface area contributed by atoms with Crippen LogP contribution in [0.4, 0.5) is 22.0 Å². The zero-order chi connectivity index (χ0) is 22.1. The lowest BCUT2D eigenvalue weighted by Crippen LogP contribution is -2.14. The summed E-state index contributed by atoms with van der Waals surface area (Å²) in [7, 11) is 0. The maximum atomic E-state index is 15.0. The van der Waals surface area contributed by atoms with E-state index in [0.29, 0.717) is 17.1 Å². The Bertz CT molecular complexity index is 976. The number of rotatable bonds is 5. The van der Waals surface area contributed by atoms with E-state index in [0.717, 1.165) is 31.7 Å². The molecule has 0 unspecified atom stereocenters. The van der Waals surface area contributed by atoms with E-state index in [-0.39, 0.29) is 35.4 Å². The number of benzene rings is 2. The molecule has 4 rings (SSSR count). The van der Waals surface area contributed by atoms with E-state index >= 15 is 8.78 Å². The van der Waals surface area contributed by atoms with Crippen LogP contribution in [0.1, 0.15) is 86.5 Å². The molecule has 31 heavy (non-hydrogen) atoms. The van der Waals surface area contributed by atoms with Gasteiger partial charge in [-0.15, -0.1) is 0 Å². The molecule has 166 valence electrons. The summed E-state index contributed by atoms with van der Waals surface area (Å²) in [4.78, 5) is 0. The van der Waals surface area contributed by atoms with Gasteiger partial charge in [0.25, 0.3) is 0 Å². The first-order chi connectivity index (χ1) is 14.9. The number of hydrogen-bond donors (Lipinski definition) is 0. The Hall–Kier alpha value is -2.17. The number of halogens is 5. The zero-order valence-electron chi connectivity index (χ0n) is 17.7. The maximum Gasteiger partial charge on any atom is 0.194 e. The minimum absolute atomic E-state index is 0.0416. The Kier molecular flexibility index (Phi) is 6.49. The molecule has 1 saturated carbocycles. The molecular formula is C26H27F5. The topological polar surface area (TPSA) is 0 Å². The van der Waals surface area contributed by atoms with Crippen LogP contribution in [0.2, 0.25) is 0 Å². The third-order valence-corrected chi connectivity index (χ3v) is 6.94. The van der Waals surface area contributed by atoms with Crippen molar-refractivity contribution in [3.63, 3.8) is 0 Å². The Morgan fingerprint density at radius 2 is 1.48 bits per heavy atom. The van der Waals surface area contributed by atoms with Crippen LogP contribution in [0.25, 0.3) is 11.6 Å². The minimum Gasteiger partial charge on any atom is -0.206 e. The molecule has 0 heterocycles. The summed E-state index contributed by atoms with van der Waals surface area (Å²) in [6, 6.07) is 3.71. The molecule has 0 aromatic heterocycles. The fraction of sp³-hybridized carbons (Fsp3) is 0.462. The van der Waals surface area contributed by atoms with Gasteiger partial charge in [-0.1, -0.05) is 32.3 Å². The lowest BCUT2D eigenvalue weighted by molar-refractivity contribution is 0.303. The molecule has 0 nitrogen and oxygen atoms in total. The van der Waals surface area contributed by atoms with E-state index in [1.165, 1.54) is 37.5 Å². The third kappa shape index (κ3) is 4.42. The Labute approximate surface area is 180 Å². The van der Waals surface area contributed by atoms with Gasteiger partial charge in [0.15, 0.2) is 17.5 Å². The molecule has 0 radical (unpaired) electrons. The van der Waals surface area contributed by atoms with Gasteiger partial charge in [-0.05, 0) is 90.8 Å². The SMILES string of the molecule is CCCCC1CCC(c2cc(F)c(C3=Cc4cc(F)c(F)c(F)c4CC3)c(F)c2)CC1. The van der Waals surface area contributed by atoms with Crippen LogP contribution in [0, 0.1) is 35.0 Å². The minimum atomic E-state index is -1.51. The van der Waals surface area contributed by atoms with Gasteiger partial charge in [0.05, 0.1) is 0 Å². The Morgan fingerprint density at radius 3 is 2.13 bits per heavy atom. The largest absolute Gasteiger partial charge is 0.206 e. The smallest absolute Gasteiger partial charge is 0.194 e. The number of allylic oxidation sites excluding steroid dienone is 1. The van der Waals surface area contributed by atoms with Crippen LogP contribution in [0.15, 0.2) is 18.2 Å². The van der Waals surface area contributed by atoms with Crippen LogP contribution in [0.5, 0.6) is 0 Å². The second kappa shape index (κ2) is 9.13. The molecule has 2 aromatic carbocycles. The molecule has 0 atom stereocenters. The first kappa shape index (κ1) is 22.0. The molecule has 2 aromatic rings. The van der Waals surface area contributed by atoms with Crippen LogP contribution >= 0.6 is 0 Å². The van der Waals surface area contributed by atoms with E-state index in [4.69, 9.17) is 0 Å². The lowest BCUT2D eigenvalue weighted by Gasteiger charge is -2.29. The van der Waals surface area contributed by atoms with E-state index in [9.17, 15) is 13.2 Å². The summed E-state index contributed by atoms with van der Waals surface area (Å²) in [5.41, 5.74) is 1.04. The van der Waals surface area contributed by atoms with Gasteiger partial charge >= 0.3 is 0 Å². The quantitative estimate of drug-likeness (QED) is 0.328. The highest BCUT2D eigenvalue weighted by molar-refractivity contribution is 5.85. The molecule has 0 aliphatic heterocycles. The van der Waals surface area contributed by atoms with E-state index in [2.05, 4.69) is 6.92 Å². The number of fused-ring (bicyclic) bond motifs is 1. The van der Waals surface area contributed by atoms with Crippen molar-refractivity contribution in [1.82, 2.24) is 0 Å². The van der Waals surface area contributed by atoms with Crippen molar-refractivity contribution in [2.75, 3.05) is 0 Å². The van der Waals surface area contributed by atoms with Gasteiger partial charge in [0.2, 0.25) is 0 Å². The molecule has 1 fully saturated rings. The maximum absolute atomic E-state index is 15.0. The molecular weight excluding hydrogens is 407 g/mol. The zero-order valence-corrected chi connectivity index (χ0v) is 17.7. The van der Waals surface area contributed by atoms with Crippen LogP contribution < -0.4 is 0 Å². The first-order valence-electron chi connectivity index (χ1n) is 11.2. The van der Waals surface area contributed by atoms with Gasteiger partial charge in [0, 0.05) is 5.56 Å². The highest BCUT2D eigenvalue weighted by atomic mass is 19.2. The van der Waals surface area contributed by atoms with Crippen molar-refractivity contribution in [1.29, 1.82) is 0 Å². The predicted molar refractivity (Wildman–Crippen MR) is 113 cm³/mol. The van der Waals surface area contributed by atoms with Gasteiger partial charge < -0.3 is 0 Å². The molecule has 2 aliphatic carbocycles. The molecule has 0 bridgehead atoms. The lowest BCUT2D eigenvalue weighted by atomic mass is 9.76. The third-order valence-electron chi connectivity index (χ3n) is 6.94. The fourth-order valence-electron chi connectivity index (χ4n) is 5.16. The monoisotopic (exact) mass is 434 g/mol. The summed E-state index contributed by atoms with van der Waals surface area (Å²) >= 11 is 0. The molecule has 0 amide bonds. The molecule has 2 aliphatic rings. The van der Waals surface area contributed by atoms with Crippen molar-refractivity contribution in [3.8, 4) is 0 Å². The highest BCUT2D eigenvalue weighted by Crippen LogP contribution is 2.40. The standard InChI is InChI=1S/C26H27F5/c1-2-3-4-15-5-7-16(8-6-15)18-12-21(27)24(22(28)13-18)17-9-10-20-19(11-17)14-23(29)26(31)25(20)30/h11-16H,2-10H2,1H3. The number of hydrogen-bond acceptors (Lipinski definition) is 0. The van der Waals surface area contributed by atoms with Crippen molar-refractivity contribution in [2.45, 2.75) is 70.6 Å². The van der Waals surface area contributed by atoms with Gasteiger partial charge in [-0.25, -0.2) is 22.0 Å². The van der Waals surface area contributed by atoms with Gasteiger partial charge in [0.1, 0.15) is 11.6 Å². The Morgan fingerprint density at radius 1 is 0.806 bits per heavy atom. The number of unbranched alkanes of at least 4 members (excludes halogenated alkanes) is 1. The van der Waals surface area contributed by atoms with Crippen molar-refractivity contribution in [3.05, 3.63) is 69.5 Å². The summed E-state index contributed by atoms with van der Waals surface area (Å²) in [6.45, 7) is 2.18. The van der Waals surface area contributed by atoms with Crippen molar-refractivity contribution in [2.24, 2.45) is 5.92 Å². The van der Waals surface area contributed by atoms with Crippen LogP contribution in [-0.2, 0) is 6.42 Å². The average molecular weight is 434 g/mol. The summed E-state index contributed by atoms with van der Waals surface area (Å²) < 4.78 is 71.1. The molecule has 0 saturated heterocycles. The van der Waals surface area contributed by atoms with Gasteiger partial charge in [-0.3, -0.25) is 0 Å². The molecule has 0 N–H and O–H groups in total. The van der Waals surface area contributed by atoms with Gasteiger partial charge in [-0.2, -0.15) is 0 Å². The predicted octanol–water partition coefficient (Wildman–Crippen LogP) is 8.33. The second-order valence-corrected chi connectivity index (χ2v) is 8.94. The van der Waals surface area contributed by atoms with E-state index in [1.54, 1.807) is 0 Å². The van der Waals surface area contributed by atoms with Crippen LogP contribution in [0.3, 0.4) is 0 Å². The van der Waals surface area contributed by atoms with Crippen LogP contribution in [-0.4, -0.2) is 0 Å². The second-order valence-electron chi connectivity index (χ2n) is 8.94. The normalized spacial score (nSPS) is 21.0. The summed E-state index contributed by atoms with van der Waals surface area (Å²) in [5.74, 6) is -4.48.